The molecule has 3 aromatic rings. The number of amides is 1. The Labute approximate surface area is 121 Å². The highest BCUT2D eigenvalue weighted by molar-refractivity contribution is 6.04. The zero-order chi connectivity index (χ0) is 15.0. The fraction of sp³-hybridized carbons (Fsp3) is 0.125. The molecule has 0 radical (unpaired) electrons. The number of carbonyl (C=O) groups excluding carboxylic acids is 1. The summed E-state index contributed by atoms with van der Waals surface area (Å²) in [5, 5.41) is 2.80. The molecule has 0 saturated heterocycles. The molecule has 1 amide bonds. The number of hydrogen-bond donors (Lipinski definition) is 1. The molecule has 106 valence electrons. The molecule has 2 aromatic heterocycles. The van der Waals surface area contributed by atoms with Gasteiger partial charge < -0.3 is 5.32 Å². The van der Waals surface area contributed by atoms with Crippen LogP contribution in [0.3, 0.4) is 0 Å². The van der Waals surface area contributed by atoms with E-state index >= 15 is 0 Å². The summed E-state index contributed by atoms with van der Waals surface area (Å²) < 4.78 is 14.8. The summed E-state index contributed by atoms with van der Waals surface area (Å²) in [7, 11) is 0. The van der Waals surface area contributed by atoms with Crippen molar-refractivity contribution in [1.29, 1.82) is 0 Å². The lowest BCUT2D eigenvalue weighted by atomic mass is 10.2. The number of pyridine rings is 1. The normalized spacial score (nSPS) is 10.8. The van der Waals surface area contributed by atoms with Crippen LogP contribution < -0.4 is 5.32 Å². The highest BCUT2D eigenvalue weighted by Gasteiger charge is 2.17. The van der Waals surface area contributed by atoms with Gasteiger partial charge in [0, 0.05) is 11.9 Å². The van der Waals surface area contributed by atoms with E-state index in [9.17, 15) is 9.18 Å². The molecule has 0 aliphatic carbocycles. The Balaban J connectivity index is 1.99. The number of benzene rings is 1. The third kappa shape index (κ3) is 2.50. The van der Waals surface area contributed by atoms with Crippen molar-refractivity contribution in [3.8, 4) is 0 Å². The number of hydrogen-bond acceptors (Lipinski definition) is 2. The highest BCUT2D eigenvalue weighted by atomic mass is 19.1. The Morgan fingerprint density at radius 3 is 2.57 bits per heavy atom. The lowest BCUT2D eigenvalue weighted by molar-refractivity contribution is 0.102. The smallest absolute Gasteiger partial charge is 0.274 e. The quantitative estimate of drug-likeness (QED) is 0.784. The number of carbonyl (C=O) groups is 1. The van der Waals surface area contributed by atoms with Gasteiger partial charge in [-0.3, -0.25) is 9.20 Å². The van der Waals surface area contributed by atoms with Gasteiger partial charge in [-0.1, -0.05) is 17.7 Å². The number of aryl methyl sites for hydroxylation is 2. The van der Waals surface area contributed by atoms with E-state index in [1.165, 1.54) is 16.7 Å². The van der Waals surface area contributed by atoms with Crippen LogP contribution in [0.5, 0.6) is 0 Å². The van der Waals surface area contributed by atoms with E-state index in [4.69, 9.17) is 0 Å². The van der Waals surface area contributed by atoms with Crippen molar-refractivity contribution in [1.82, 2.24) is 9.38 Å². The van der Waals surface area contributed by atoms with E-state index in [0.717, 1.165) is 5.56 Å². The van der Waals surface area contributed by atoms with Gasteiger partial charge in [0.1, 0.15) is 17.2 Å². The number of anilines is 1. The average molecular weight is 283 g/mol. The minimum atomic E-state index is -0.413. The van der Waals surface area contributed by atoms with Gasteiger partial charge in [0.05, 0.1) is 5.69 Å². The van der Waals surface area contributed by atoms with Crippen LogP contribution in [0, 0.1) is 19.7 Å². The topological polar surface area (TPSA) is 46.4 Å². The molecule has 1 aromatic carbocycles. The van der Waals surface area contributed by atoms with Crippen LogP contribution in [0.4, 0.5) is 10.1 Å². The Hall–Kier alpha value is -2.69. The second kappa shape index (κ2) is 5.01. The first-order valence-electron chi connectivity index (χ1n) is 6.57. The first-order chi connectivity index (χ1) is 10.0. The van der Waals surface area contributed by atoms with Crippen LogP contribution in [0.15, 0.2) is 42.6 Å². The molecule has 0 aliphatic heterocycles. The Bertz CT molecular complexity index is 821. The zero-order valence-electron chi connectivity index (χ0n) is 11.7. The van der Waals surface area contributed by atoms with Gasteiger partial charge in [-0.25, -0.2) is 9.37 Å². The minimum absolute atomic E-state index is 0.311. The van der Waals surface area contributed by atoms with E-state index in [1.807, 2.05) is 31.2 Å². The second-order valence-corrected chi connectivity index (χ2v) is 4.94. The molecule has 5 heteroatoms. The third-order valence-corrected chi connectivity index (χ3v) is 3.28. The van der Waals surface area contributed by atoms with Crippen LogP contribution in [0.25, 0.3) is 5.65 Å². The maximum Gasteiger partial charge on any atom is 0.274 e. The summed E-state index contributed by atoms with van der Waals surface area (Å²) >= 11 is 0. The minimum Gasteiger partial charge on any atom is -0.321 e. The number of nitrogens with zero attached hydrogens (tertiary/aromatic N) is 2. The third-order valence-electron chi connectivity index (χ3n) is 3.28. The fourth-order valence-corrected chi connectivity index (χ4v) is 2.24. The fourth-order valence-electron chi connectivity index (χ4n) is 2.24. The van der Waals surface area contributed by atoms with Gasteiger partial charge in [-0.2, -0.15) is 0 Å². The predicted octanol–water partition coefficient (Wildman–Crippen LogP) is 3.34. The second-order valence-electron chi connectivity index (χ2n) is 4.94. The van der Waals surface area contributed by atoms with Gasteiger partial charge in [-0.05, 0) is 38.1 Å². The molecular weight excluding hydrogens is 269 g/mol. The van der Waals surface area contributed by atoms with Crippen molar-refractivity contribution in [2.45, 2.75) is 13.8 Å². The van der Waals surface area contributed by atoms with E-state index in [-0.39, 0.29) is 5.91 Å². The van der Waals surface area contributed by atoms with E-state index < -0.39 is 5.82 Å². The Morgan fingerprint density at radius 2 is 1.86 bits per heavy atom. The first kappa shape index (κ1) is 13.3. The average Bonchev–Trinajstić information content (AvgIpc) is 2.76. The molecule has 0 atom stereocenters. The maximum atomic E-state index is 13.4. The van der Waals surface area contributed by atoms with Crippen LogP contribution in [-0.4, -0.2) is 15.3 Å². The van der Waals surface area contributed by atoms with Gasteiger partial charge in [0.25, 0.3) is 5.91 Å². The molecular formula is C16H14FN3O. The molecule has 0 saturated carbocycles. The lowest BCUT2D eigenvalue weighted by Gasteiger charge is -2.06. The molecule has 0 bridgehead atoms. The summed E-state index contributed by atoms with van der Waals surface area (Å²) in [5.41, 5.74) is 3.25. The van der Waals surface area contributed by atoms with Crippen LogP contribution in [0.2, 0.25) is 0 Å². The van der Waals surface area contributed by atoms with E-state index in [0.29, 0.717) is 22.7 Å². The van der Waals surface area contributed by atoms with Crippen LogP contribution in [0.1, 0.15) is 21.7 Å². The predicted molar refractivity (Wildman–Crippen MR) is 79.0 cm³/mol. The molecule has 1 N–H and O–H groups in total. The summed E-state index contributed by atoms with van der Waals surface area (Å²) in [4.78, 5) is 16.7. The van der Waals surface area contributed by atoms with Gasteiger partial charge in [0.2, 0.25) is 0 Å². The summed E-state index contributed by atoms with van der Waals surface area (Å²) in [6, 6.07) is 10.3. The molecule has 3 rings (SSSR count). The molecule has 2 heterocycles. The van der Waals surface area contributed by atoms with Crippen molar-refractivity contribution in [3.63, 3.8) is 0 Å². The van der Waals surface area contributed by atoms with Crippen LogP contribution in [-0.2, 0) is 0 Å². The lowest BCUT2D eigenvalue weighted by Crippen LogP contribution is -2.15. The first-order valence-corrected chi connectivity index (χ1v) is 6.57. The van der Waals surface area contributed by atoms with E-state index in [1.54, 1.807) is 13.0 Å². The number of rotatable bonds is 2. The monoisotopic (exact) mass is 283 g/mol. The summed E-state index contributed by atoms with van der Waals surface area (Å²) in [5.74, 6) is -0.723. The van der Waals surface area contributed by atoms with E-state index in [2.05, 4.69) is 10.3 Å². The number of nitrogens with one attached hydrogen (secondary N) is 1. The van der Waals surface area contributed by atoms with Crippen molar-refractivity contribution >= 4 is 17.2 Å². The molecule has 21 heavy (non-hydrogen) atoms. The van der Waals surface area contributed by atoms with Crippen molar-refractivity contribution in [2.75, 3.05) is 5.32 Å². The zero-order valence-corrected chi connectivity index (χ0v) is 11.7. The highest BCUT2D eigenvalue weighted by Crippen LogP contribution is 2.16. The SMILES string of the molecule is Cc1ccc(NC(=O)c2c(C)nc3ccc(F)cn23)cc1. The number of fused-ring (bicyclic) bond motifs is 1. The largest absolute Gasteiger partial charge is 0.321 e. The van der Waals surface area contributed by atoms with Crippen molar-refractivity contribution in [2.24, 2.45) is 0 Å². The van der Waals surface area contributed by atoms with Gasteiger partial charge in [0.15, 0.2) is 0 Å². The summed E-state index contributed by atoms with van der Waals surface area (Å²) in [6.07, 6.45) is 1.26. The van der Waals surface area contributed by atoms with Crippen molar-refractivity contribution < 1.29 is 9.18 Å². The Morgan fingerprint density at radius 1 is 1.14 bits per heavy atom. The number of halogens is 1. The Kier molecular flexibility index (Phi) is 3.17. The molecule has 4 nitrogen and oxygen atoms in total. The number of imidazole rings is 1. The maximum absolute atomic E-state index is 13.4. The molecule has 0 aliphatic rings. The van der Waals surface area contributed by atoms with Gasteiger partial charge in [-0.15, -0.1) is 0 Å². The molecule has 0 fully saturated rings. The number of aromatic nitrogens is 2. The van der Waals surface area contributed by atoms with Crippen LogP contribution >= 0.6 is 0 Å². The standard InChI is InChI=1S/C16H14FN3O/c1-10-3-6-13(7-4-10)19-16(21)15-11(2)18-14-8-5-12(17)9-20(14)15/h3-9H,1-2H3,(H,19,21). The van der Waals surface area contributed by atoms with Gasteiger partial charge >= 0.3 is 0 Å². The molecule has 0 unspecified atom stereocenters. The summed E-state index contributed by atoms with van der Waals surface area (Å²) in [6.45, 7) is 3.71. The molecule has 0 spiro atoms. The van der Waals surface area contributed by atoms with Crippen molar-refractivity contribution in [3.05, 3.63) is 65.4 Å².